The molecule has 0 aliphatic carbocycles. The molecule has 0 spiro atoms. The normalized spacial score (nSPS) is 13.5. The van der Waals surface area contributed by atoms with Crippen LogP contribution < -0.4 is 5.32 Å². The molecule has 4 heterocycles. The lowest BCUT2D eigenvalue weighted by atomic mass is 9.98. The lowest BCUT2D eigenvalue weighted by molar-refractivity contribution is 0.133. The standard InChI is InChI=1S/C32H33N5O/c1-5-29-36-30-20(2)16-21(3)34-32(30)37(29)19-22-9-13-26-23(17-22)10-11-24-18-25(12-14-27(24)35-26)31(38-4)28-8-6-7-15-33-28/h6-9,12-18,31,35H,5,10-11,19H2,1-4H3. The molecule has 0 saturated carbocycles. The van der Waals surface area contributed by atoms with Crippen LogP contribution in [0.25, 0.3) is 11.2 Å². The van der Waals surface area contributed by atoms with Gasteiger partial charge >= 0.3 is 0 Å². The molecule has 1 aliphatic heterocycles. The number of aryl methyl sites for hydroxylation is 5. The van der Waals surface area contributed by atoms with Crippen LogP contribution in [0.15, 0.2) is 66.9 Å². The first kappa shape index (κ1) is 24.3. The van der Waals surface area contributed by atoms with Crippen LogP contribution in [-0.2, 0) is 30.5 Å². The van der Waals surface area contributed by atoms with Crippen molar-refractivity contribution in [3.05, 3.63) is 112 Å². The van der Waals surface area contributed by atoms with Gasteiger partial charge in [0.05, 0.1) is 12.2 Å². The third kappa shape index (κ3) is 4.45. The van der Waals surface area contributed by atoms with Gasteiger partial charge in [-0.05, 0) is 84.8 Å². The van der Waals surface area contributed by atoms with E-state index in [4.69, 9.17) is 14.7 Å². The van der Waals surface area contributed by atoms with Gasteiger partial charge in [0, 0.05) is 36.8 Å². The number of methoxy groups -OCH3 is 1. The Bertz CT molecular complexity index is 1620. The average molecular weight is 504 g/mol. The van der Waals surface area contributed by atoms with E-state index in [9.17, 15) is 0 Å². The van der Waals surface area contributed by atoms with Crippen molar-refractivity contribution in [2.45, 2.75) is 52.7 Å². The van der Waals surface area contributed by atoms with Crippen molar-refractivity contribution >= 4 is 22.5 Å². The highest BCUT2D eigenvalue weighted by Crippen LogP contribution is 2.34. The molecule has 6 rings (SSSR count). The van der Waals surface area contributed by atoms with Crippen LogP contribution in [0.3, 0.4) is 0 Å². The fourth-order valence-corrected chi connectivity index (χ4v) is 5.62. The first-order valence-corrected chi connectivity index (χ1v) is 13.3. The fraction of sp³-hybridized carbons (Fsp3) is 0.281. The second kappa shape index (κ2) is 10.0. The van der Waals surface area contributed by atoms with E-state index in [2.05, 4.69) is 78.1 Å². The molecule has 0 saturated heterocycles. The van der Waals surface area contributed by atoms with Crippen LogP contribution in [0.1, 0.15) is 58.1 Å². The summed E-state index contributed by atoms with van der Waals surface area (Å²) in [7, 11) is 1.74. The van der Waals surface area contributed by atoms with Crippen molar-refractivity contribution in [3.8, 4) is 0 Å². The van der Waals surface area contributed by atoms with Gasteiger partial charge in [-0.3, -0.25) is 4.98 Å². The monoisotopic (exact) mass is 503 g/mol. The Morgan fingerprint density at radius 3 is 2.47 bits per heavy atom. The van der Waals surface area contributed by atoms with E-state index in [-0.39, 0.29) is 6.10 Å². The van der Waals surface area contributed by atoms with Crippen molar-refractivity contribution in [1.29, 1.82) is 0 Å². The van der Waals surface area contributed by atoms with Gasteiger partial charge in [-0.2, -0.15) is 0 Å². The summed E-state index contributed by atoms with van der Waals surface area (Å²) >= 11 is 0. The molecule has 0 fully saturated rings. The van der Waals surface area contributed by atoms with Crippen molar-refractivity contribution < 1.29 is 4.74 Å². The molecule has 6 heteroatoms. The second-order valence-corrected chi connectivity index (χ2v) is 10.1. The Hall–Kier alpha value is -4.03. The zero-order valence-corrected chi connectivity index (χ0v) is 22.5. The molecule has 2 aromatic carbocycles. The molecule has 1 atom stereocenters. The Labute approximate surface area is 223 Å². The van der Waals surface area contributed by atoms with Gasteiger partial charge in [-0.25, -0.2) is 9.97 Å². The number of hydrogen-bond acceptors (Lipinski definition) is 5. The number of imidazole rings is 1. The minimum Gasteiger partial charge on any atom is -0.370 e. The second-order valence-electron chi connectivity index (χ2n) is 10.1. The van der Waals surface area contributed by atoms with Gasteiger partial charge in [-0.1, -0.05) is 37.3 Å². The van der Waals surface area contributed by atoms with E-state index in [0.717, 1.165) is 65.4 Å². The Morgan fingerprint density at radius 1 is 0.947 bits per heavy atom. The summed E-state index contributed by atoms with van der Waals surface area (Å²) in [6.07, 6.45) is 4.43. The Kier molecular flexibility index (Phi) is 6.42. The predicted molar refractivity (Wildman–Crippen MR) is 152 cm³/mol. The number of benzene rings is 2. The summed E-state index contributed by atoms with van der Waals surface area (Å²) in [5.74, 6) is 1.08. The number of pyridine rings is 2. The van der Waals surface area contributed by atoms with Gasteiger partial charge < -0.3 is 14.6 Å². The molecular formula is C32H33N5O. The highest BCUT2D eigenvalue weighted by molar-refractivity contribution is 5.76. The van der Waals surface area contributed by atoms with E-state index < -0.39 is 0 Å². The van der Waals surface area contributed by atoms with E-state index in [1.165, 1.54) is 27.9 Å². The largest absolute Gasteiger partial charge is 0.370 e. The molecule has 6 nitrogen and oxygen atoms in total. The van der Waals surface area contributed by atoms with Crippen molar-refractivity contribution in [1.82, 2.24) is 19.5 Å². The molecule has 1 aliphatic rings. The molecule has 38 heavy (non-hydrogen) atoms. The quantitative estimate of drug-likeness (QED) is 0.282. The summed E-state index contributed by atoms with van der Waals surface area (Å²) < 4.78 is 8.12. The number of aromatic nitrogens is 4. The molecule has 0 radical (unpaired) electrons. The van der Waals surface area contributed by atoms with Crippen LogP contribution in [-0.4, -0.2) is 26.6 Å². The summed E-state index contributed by atoms with van der Waals surface area (Å²) in [6.45, 7) is 7.10. The SMILES string of the molecule is CCc1nc2c(C)cc(C)nc2n1Cc1ccc2c(c1)CCc1cc(C(OC)c3ccccn3)ccc1N2. The van der Waals surface area contributed by atoms with Crippen LogP contribution in [0.5, 0.6) is 0 Å². The molecule has 192 valence electrons. The topological polar surface area (TPSA) is 64.9 Å². The molecule has 1 N–H and O–H groups in total. The van der Waals surface area contributed by atoms with Gasteiger partial charge in [0.25, 0.3) is 0 Å². The third-order valence-corrected chi connectivity index (χ3v) is 7.48. The number of ether oxygens (including phenoxy) is 1. The smallest absolute Gasteiger partial charge is 0.160 e. The maximum atomic E-state index is 5.84. The zero-order valence-electron chi connectivity index (χ0n) is 22.5. The third-order valence-electron chi connectivity index (χ3n) is 7.48. The summed E-state index contributed by atoms with van der Waals surface area (Å²) in [6, 6.07) is 21.4. The van der Waals surface area contributed by atoms with Gasteiger partial charge in [-0.15, -0.1) is 0 Å². The number of anilines is 2. The van der Waals surface area contributed by atoms with Crippen LogP contribution in [0, 0.1) is 13.8 Å². The molecule has 5 aromatic rings. The highest BCUT2D eigenvalue weighted by Gasteiger charge is 2.20. The molecule has 0 amide bonds. The lowest BCUT2D eigenvalue weighted by Crippen LogP contribution is -2.06. The summed E-state index contributed by atoms with van der Waals surface area (Å²) in [5, 5.41) is 3.69. The first-order valence-electron chi connectivity index (χ1n) is 13.3. The first-order chi connectivity index (χ1) is 18.5. The van der Waals surface area contributed by atoms with E-state index in [1.54, 1.807) is 7.11 Å². The van der Waals surface area contributed by atoms with Crippen LogP contribution in [0.4, 0.5) is 11.4 Å². The maximum Gasteiger partial charge on any atom is 0.160 e. The molecular weight excluding hydrogens is 470 g/mol. The highest BCUT2D eigenvalue weighted by atomic mass is 16.5. The number of fused-ring (bicyclic) bond motifs is 3. The number of nitrogens with zero attached hydrogens (tertiary/aromatic N) is 4. The Balaban J connectivity index is 1.28. The van der Waals surface area contributed by atoms with E-state index in [1.807, 2.05) is 24.4 Å². The summed E-state index contributed by atoms with van der Waals surface area (Å²) in [5.41, 5.74) is 12.5. The van der Waals surface area contributed by atoms with E-state index in [0.29, 0.717) is 0 Å². The van der Waals surface area contributed by atoms with Crippen LogP contribution >= 0.6 is 0 Å². The summed E-state index contributed by atoms with van der Waals surface area (Å²) in [4.78, 5) is 14.3. The number of hydrogen-bond donors (Lipinski definition) is 1. The van der Waals surface area contributed by atoms with Gasteiger partial charge in [0.2, 0.25) is 0 Å². The zero-order chi connectivity index (χ0) is 26.2. The van der Waals surface area contributed by atoms with Crippen molar-refractivity contribution in [2.24, 2.45) is 0 Å². The Morgan fingerprint density at radius 2 is 1.74 bits per heavy atom. The molecule has 0 bridgehead atoms. The number of nitrogens with one attached hydrogen (secondary N) is 1. The maximum absolute atomic E-state index is 5.84. The van der Waals surface area contributed by atoms with E-state index >= 15 is 0 Å². The fourth-order valence-electron chi connectivity index (χ4n) is 5.62. The molecule has 1 unspecified atom stereocenters. The van der Waals surface area contributed by atoms with Crippen molar-refractivity contribution in [3.63, 3.8) is 0 Å². The number of rotatable bonds is 6. The van der Waals surface area contributed by atoms with Gasteiger partial charge in [0.15, 0.2) is 5.65 Å². The van der Waals surface area contributed by atoms with Crippen molar-refractivity contribution in [2.75, 3.05) is 12.4 Å². The van der Waals surface area contributed by atoms with Gasteiger partial charge in [0.1, 0.15) is 17.4 Å². The average Bonchev–Trinajstić information content (AvgIpc) is 3.16. The lowest BCUT2D eigenvalue weighted by Gasteiger charge is -2.18. The molecule has 3 aromatic heterocycles. The van der Waals surface area contributed by atoms with Crippen LogP contribution in [0.2, 0.25) is 0 Å². The minimum absolute atomic E-state index is 0.183. The minimum atomic E-state index is -0.183. The predicted octanol–water partition coefficient (Wildman–Crippen LogP) is 6.63.